The van der Waals surface area contributed by atoms with Gasteiger partial charge in [-0.25, -0.2) is 8.42 Å². The van der Waals surface area contributed by atoms with E-state index in [0.717, 1.165) is 62.4 Å². The summed E-state index contributed by atoms with van der Waals surface area (Å²) >= 11 is 1.39. The maximum Gasteiger partial charge on any atom is 0.233 e. The summed E-state index contributed by atoms with van der Waals surface area (Å²) in [4.78, 5) is 17.0. The molecule has 0 aliphatic carbocycles. The van der Waals surface area contributed by atoms with E-state index in [-0.39, 0.29) is 35.3 Å². The van der Waals surface area contributed by atoms with Crippen LogP contribution in [0.5, 0.6) is 0 Å². The topological polar surface area (TPSA) is 97.6 Å². The van der Waals surface area contributed by atoms with Crippen LogP contribution in [0.15, 0.2) is 5.16 Å². The molecule has 2 unspecified atom stereocenters. The normalized spacial score (nSPS) is 26.0. The second kappa shape index (κ2) is 10.3. The van der Waals surface area contributed by atoms with Crippen molar-refractivity contribution < 1.29 is 17.9 Å². The summed E-state index contributed by atoms with van der Waals surface area (Å²) in [5.41, 5.74) is 0. The van der Waals surface area contributed by atoms with Crippen molar-refractivity contribution in [1.82, 2.24) is 19.7 Å². The zero-order chi connectivity index (χ0) is 22.7. The Balaban J connectivity index is 1.45. The Morgan fingerprint density at radius 1 is 1.22 bits per heavy atom. The molecule has 9 nitrogen and oxygen atoms in total. The third kappa shape index (κ3) is 5.59. The first kappa shape index (κ1) is 23.8. The van der Waals surface area contributed by atoms with E-state index in [4.69, 9.17) is 4.74 Å². The van der Waals surface area contributed by atoms with Crippen LogP contribution in [0.2, 0.25) is 0 Å². The minimum absolute atomic E-state index is 0.0420. The van der Waals surface area contributed by atoms with E-state index in [9.17, 15) is 13.2 Å². The standard InChI is InChI=1S/C21H35N5O4S2/c1-3-25(17-8-12-32(28,29)15-17)19(27)14-31-21-23-22-20(24-9-6-16(2)7-10-24)26(21)13-18-5-4-11-30-18/h16-18H,3-15H2,1-2H3. The minimum atomic E-state index is -3.03. The average molecular weight is 486 g/mol. The molecule has 0 spiro atoms. The van der Waals surface area contributed by atoms with Gasteiger partial charge in [-0.3, -0.25) is 9.36 Å². The SMILES string of the molecule is CCN(C(=O)CSc1nnc(N2CCC(C)CC2)n1CC1CCCO1)C1CCS(=O)(=O)C1. The molecule has 32 heavy (non-hydrogen) atoms. The summed E-state index contributed by atoms with van der Waals surface area (Å²) in [7, 11) is -3.03. The van der Waals surface area contributed by atoms with Crippen molar-refractivity contribution in [2.45, 2.75) is 69.8 Å². The fraction of sp³-hybridized carbons (Fsp3) is 0.857. The van der Waals surface area contributed by atoms with Gasteiger partial charge in [0.05, 0.1) is 29.9 Å². The molecule has 3 saturated heterocycles. The smallest absolute Gasteiger partial charge is 0.233 e. The minimum Gasteiger partial charge on any atom is -0.376 e. The molecule has 4 heterocycles. The lowest BCUT2D eigenvalue weighted by Crippen LogP contribution is -2.42. The first-order valence-electron chi connectivity index (χ1n) is 11.8. The third-order valence-corrected chi connectivity index (χ3v) is 9.51. The molecule has 3 aliphatic heterocycles. The first-order valence-corrected chi connectivity index (χ1v) is 14.6. The van der Waals surface area contributed by atoms with Gasteiger partial charge in [0.1, 0.15) is 0 Å². The monoisotopic (exact) mass is 485 g/mol. The molecule has 0 N–H and O–H groups in total. The van der Waals surface area contributed by atoms with E-state index >= 15 is 0 Å². The lowest BCUT2D eigenvalue weighted by molar-refractivity contribution is -0.129. The highest BCUT2D eigenvalue weighted by Gasteiger charge is 2.34. The van der Waals surface area contributed by atoms with E-state index in [2.05, 4.69) is 26.6 Å². The first-order chi connectivity index (χ1) is 15.4. The van der Waals surface area contributed by atoms with Crippen molar-refractivity contribution in [3.8, 4) is 0 Å². The van der Waals surface area contributed by atoms with Crippen LogP contribution in [-0.4, -0.2) is 89.6 Å². The van der Waals surface area contributed by atoms with Crippen molar-refractivity contribution in [1.29, 1.82) is 0 Å². The fourth-order valence-corrected chi connectivity index (χ4v) is 7.41. The second-order valence-electron chi connectivity index (χ2n) is 9.22. The summed E-state index contributed by atoms with van der Waals surface area (Å²) in [5.74, 6) is 2.03. The van der Waals surface area contributed by atoms with Gasteiger partial charge in [-0.2, -0.15) is 0 Å². The van der Waals surface area contributed by atoms with Crippen LogP contribution in [0, 0.1) is 5.92 Å². The molecule has 180 valence electrons. The number of thioether (sulfide) groups is 1. The third-order valence-electron chi connectivity index (χ3n) is 6.81. The van der Waals surface area contributed by atoms with E-state index in [1.807, 2.05) is 6.92 Å². The number of amides is 1. The number of aromatic nitrogens is 3. The van der Waals surface area contributed by atoms with Crippen LogP contribution in [0.4, 0.5) is 5.95 Å². The molecule has 3 fully saturated rings. The number of hydrogen-bond donors (Lipinski definition) is 0. The van der Waals surface area contributed by atoms with Crippen molar-refractivity contribution in [3.63, 3.8) is 0 Å². The van der Waals surface area contributed by atoms with Crippen molar-refractivity contribution in [3.05, 3.63) is 0 Å². The highest BCUT2D eigenvalue weighted by atomic mass is 32.2. The second-order valence-corrected chi connectivity index (χ2v) is 12.4. The molecule has 0 aromatic carbocycles. The molecular weight excluding hydrogens is 450 g/mol. The lowest BCUT2D eigenvalue weighted by Gasteiger charge is -2.31. The number of nitrogens with zero attached hydrogens (tertiary/aromatic N) is 5. The molecule has 1 aromatic heterocycles. The number of rotatable bonds is 8. The number of carbonyl (C=O) groups excluding carboxylic acids is 1. The van der Waals surface area contributed by atoms with Gasteiger partial charge in [-0.15, -0.1) is 10.2 Å². The summed E-state index contributed by atoms with van der Waals surface area (Å²) in [6.45, 7) is 8.13. The van der Waals surface area contributed by atoms with Crippen LogP contribution in [0.1, 0.15) is 46.0 Å². The Kier molecular flexibility index (Phi) is 7.66. The van der Waals surface area contributed by atoms with Gasteiger partial charge in [-0.1, -0.05) is 18.7 Å². The van der Waals surface area contributed by atoms with E-state index < -0.39 is 9.84 Å². The van der Waals surface area contributed by atoms with Crippen LogP contribution in [0.3, 0.4) is 0 Å². The molecule has 1 aromatic rings. The molecule has 1 amide bonds. The Bertz CT molecular complexity index is 892. The fourth-order valence-electron chi connectivity index (χ4n) is 4.85. The molecular formula is C21H35N5O4S2. The molecule has 4 rings (SSSR count). The summed E-state index contributed by atoms with van der Waals surface area (Å²) < 4.78 is 31.7. The molecule has 0 bridgehead atoms. The predicted octanol–water partition coefficient (Wildman–Crippen LogP) is 1.82. The highest BCUT2D eigenvalue weighted by Crippen LogP contribution is 2.28. The largest absolute Gasteiger partial charge is 0.376 e. The van der Waals surface area contributed by atoms with E-state index in [1.165, 1.54) is 11.8 Å². The Hall–Kier alpha value is -1.33. The van der Waals surface area contributed by atoms with E-state index in [1.54, 1.807) is 4.90 Å². The van der Waals surface area contributed by atoms with Gasteiger partial charge in [0.2, 0.25) is 11.9 Å². The zero-order valence-corrected chi connectivity index (χ0v) is 20.7. The van der Waals surface area contributed by atoms with Crippen LogP contribution < -0.4 is 4.90 Å². The van der Waals surface area contributed by atoms with Gasteiger partial charge in [0.25, 0.3) is 0 Å². The maximum atomic E-state index is 13.0. The number of ether oxygens (including phenoxy) is 1. The number of piperidine rings is 1. The van der Waals surface area contributed by atoms with Crippen molar-refractivity contribution in [2.75, 3.05) is 48.4 Å². The Labute approximate surface area is 195 Å². The molecule has 11 heteroatoms. The van der Waals surface area contributed by atoms with E-state index in [0.29, 0.717) is 19.5 Å². The molecule has 2 atom stereocenters. The predicted molar refractivity (Wildman–Crippen MR) is 125 cm³/mol. The van der Waals surface area contributed by atoms with Gasteiger partial charge in [0.15, 0.2) is 15.0 Å². The van der Waals surface area contributed by atoms with Gasteiger partial charge in [0, 0.05) is 32.3 Å². The Morgan fingerprint density at radius 3 is 2.62 bits per heavy atom. The van der Waals surface area contributed by atoms with Crippen molar-refractivity contribution in [2.24, 2.45) is 5.92 Å². The molecule has 0 saturated carbocycles. The van der Waals surface area contributed by atoms with Gasteiger partial charge < -0.3 is 14.5 Å². The molecule has 3 aliphatic rings. The lowest BCUT2D eigenvalue weighted by atomic mass is 10.00. The van der Waals surface area contributed by atoms with Gasteiger partial charge >= 0.3 is 0 Å². The van der Waals surface area contributed by atoms with Crippen LogP contribution in [0.25, 0.3) is 0 Å². The zero-order valence-electron chi connectivity index (χ0n) is 19.1. The maximum absolute atomic E-state index is 13.0. The molecule has 0 radical (unpaired) electrons. The van der Waals surface area contributed by atoms with Crippen LogP contribution in [-0.2, 0) is 25.9 Å². The number of anilines is 1. The summed E-state index contributed by atoms with van der Waals surface area (Å²) in [6, 6.07) is -0.214. The quantitative estimate of drug-likeness (QED) is 0.515. The summed E-state index contributed by atoms with van der Waals surface area (Å²) in [5, 5.41) is 9.68. The number of carbonyl (C=O) groups is 1. The number of sulfone groups is 1. The average Bonchev–Trinajstić information content (AvgIpc) is 3.49. The number of hydrogen-bond acceptors (Lipinski definition) is 8. The van der Waals surface area contributed by atoms with Crippen LogP contribution >= 0.6 is 11.8 Å². The highest BCUT2D eigenvalue weighted by molar-refractivity contribution is 7.99. The van der Waals surface area contributed by atoms with Crippen molar-refractivity contribution >= 4 is 33.5 Å². The Morgan fingerprint density at radius 2 is 2.00 bits per heavy atom. The summed E-state index contributed by atoms with van der Waals surface area (Å²) in [6.07, 6.45) is 5.06. The van der Waals surface area contributed by atoms with Gasteiger partial charge in [-0.05, 0) is 44.9 Å².